The SMILES string of the molecule is O=Cc1ccccc1CO[Si+]. The molecule has 3 heteroatoms. The minimum absolute atomic E-state index is 0.409. The van der Waals surface area contributed by atoms with E-state index in [0.717, 1.165) is 11.8 Å². The second kappa shape index (κ2) is 4.05. The standard InChI is InChI=1S/C8H7O2Si/c9-5-7-3-1-2-4-8(7)6-10-11/h1-5H,6H2/q+1. The maximum atomic E-state index is 10.4. The fourth-order valence-electron chi connectivity index (χ4n) is 0.858. The van der Waals surface area contributed by atoms with E-state index >= 15 is 0 Å². The van der Waals surface area contributed by atoms with Gasteiger partial charge >= 0.3 is 10.5 Å². The van der Waals surface area contributed by atoms with Gasteiger partial charge in [0.1, 0.15) is 12.9 Å². The molecule has 2 nitrogen and oxygen atoms in total. The lowest BCUT2D eigenvalue weighted by atomic mass is 10.1. The van der Waals surface area contributed by atoms with E-state index in [2.05, 4.69) is 10.5 Å². The van der Waals surface area contributed by atoms with Crippen molar-refractivity contribution in [3.05, 3.63) is 35.4 Å². The summed E-state index contributed by atoms with van der Waals surface area (Å²) in [5.74, 6) is 0. The summed E-state index contributed by atoms with van der Waals surface area (Å²) >= 11 is 0. The molecule has 0 aliphatic heterocycles. The third-order valence-corrected chi connectivity index (χ3v) is 1.55. The number of hydrogen-bond acceptors (Lipinski definition) is 2. The molecule has 0 fully saturated rings. The Morgan fingerprint density at radius 1 is 1.45 bits per heavy atom. The molecule has 0 aliphatic rings. The van der Waals surface area contributed by atoms with Gasteiger partial charge in [0.15, 0.2) is 0 Å². The van der Waals surface area contributed by atoms with Crippen molar-refractivity contribution in [3.63, 3.8) is 0 Å². The molecule has 0 heterocycles. The predicted octanol–water partition coefficient (Wildman–Crippen LogP) is 1.10. The minimum atomic E-state index is 0.409. The summed E-state index contributed by atoms with van der Waals surface area (Å²) in [6, 6.07) is 7.30. The molecule has 1 rings (SSSR count). The van der Waals surface area contributed by atoms with Crippen molar-refractivity contribution in [2.75, 3.05) is 0 Å². The summed E-state index contributed by atoms with van der Waals surface area (Å²) in [6.45, 7) is 0.409. The lowest BCUT2D eigenvalue weighted by Crippen LogP contribution is -1.93. The molecule has 0 saturated carbocycles. The van der Waals surface area contributed by atoms with Gasteiger partial charge in [-0.25, -0.2) is 0 Å². The van der Waals surface area contributed by atoms with Gasteiger partial charge in [0.05, 0.1) is 0 Å². The first kappa shape index (κ1) is 8.17. The third-order valence-electron chi connectivity index (χ3n) is 1.41. The normalized spacial score (nSPS) is 9.45. The smallest absolute Gasteiger partial charge is 0.298 e. The highest BCUT2D eigenvalue weighted by molar-refractivity contribution is 5.98. The number of aldehydes is 1. The van der Waals surface area contributed by atoms with Gasteiger partial charge in [-0.05, 0) is 5.56 Å². The molecule has 54 valence electrons. The van der Waals surface area contributed by atoms with Crippen LogP contribution in [0.25, 0.3) is 0 Å². The highest BCUT2D eigenvalue weighted by Gasteiger charge is 2.02. The van der Waals surface area contributed by atoms with E-state index in [1.807, 2.05) is 18.2 Å². The number of hydrogen-bond donors (Lipinski definition) is 0. The molecular formula is C8H7O2Si+. The van der Waals surface area contributed by atoms with Crippen LogP contribution in [0.1, 0.15) is 15.9 Å². The van der Waals surface area contributed by atoms with E-state index in [9.17, 15) is 4.79 Å². The number of carbonyl (C=O) groups is 1. The summed E-state index contributed by atoms with van der Waals surface area (Å²) in [5.41, 5.74) is 1.56. The molecule has 11 heavy (non-hydrogen) atoms. The lowest BCUT2D eigenvalue weighted by molar-refractivity contribution is 0.112. The van der Waals surface area contributed by atoms with Crippen molar-refractivity contribution in [3.8, 4) is 0 Å². The molecule has 0 unspecified atom stereocenters. The molecule has 1 aromatic rings. The van der Waals surface area contributed by atoms with Crippen LogP contribution in [0, 0.1) is 0 Å². The lowest BCUT2D eigenvalue weighted by Gasteiger charge is -1.96. The molecule has 0 aliphatic carbocycles. The van der Waals surface area contributed by atoms with Crippen molar-refractivity contribution >= 4 is 16.8 Å². The topological polar surface area (TPSA) is 26.3 Å². The van der Waals surface area contributed by atoms with Crippen LogP contribution in [0.15, 0.2) is 24.3 Å². The van der Waals surface area contributed by atoms with Gasteiger partial charge in [-0.1, -0.05) is 24.3 Å². The third kappa shape index (κ3) is 1.99. The van der Waals surface area contributed by atoms with Crippen molar-refractivity contribution < 1.29 is 9.22 Å². The Labute approximate surface area is 68.7 Å². The second-order valence-corrected chi connectivity index (χ2v) is 2.39. The van der Waals surface area contributed by atoms with E-state index in [-0.39, 0.29) is 0 Å². The Hall–Kier alpha value is -0.933. The first-order valence-corrected chi connectivity index (χ1v) is 3.61. The number of rotatable bonds is 3. The van der Waals surface area contributed by atoms with E-state index in [4.69, 9.17) is 4.43 Å². The zero-order valence-corrected chi connectivity index (χ0v) is 6.91. The van der Waals surface area contributed by atoms with Gasteiger partial charge in [0.25, 0.3) is 0 Å². The maximum absolute atomic E-state index is 10.4. The quantitative estimate of drug-likeness (QED) is 0.492. The number of carbonyl (C=O) groups excluding carboxylic acids is 1. The van der Waals surface area contributed by atoms with E-state index < -0.39 is 0 Å². The summed E-state index contributed by atoms with van der Waals surface area (Å²) in [5, 5.41) is 0. The van der Waals surface area contributed by atoms with Gasteiger partial charge < -0.3 is 0 Å². The fourth-order valence-corrected chi connectivity index (χ4v) is 1.01. The van der Waals surface area contributed by atoms with Gasteiger partial charge in [-0.15, -0.1) is 0 Å². The van der Waals surface area contributed by atoms with Gasteiger partial charge in [-0.3, -0.25) is 4.79 Å². The Bertz CT molecular complexity index is 248. The van der Waals surface area contributed by atoms with Crippen molar-refractivity contribution in [1.82, 2.24) is 0 Å². The molecule has 0 saturated heterocycles. The molecule has 0 N–H and O–H groups in total. The molecule has 0 atom stereocenters. The van der Waals surface area contributed by atoms with Crippen LogP contribution in [-0.2, 0) is 11.0 Å². The van der Waals surface area contributed by atoms with Crippen LogP contribution < -0.4 is 0 Å². The molecule has 2 radical (unpaired) electrons. The Kier molecular flexibility index (Phi) is 3.01. The molecule has 0 bridgehead atoms. The van der Waals surface area contributed by atoms with Crippen LogP contribution in [0.4, 0.5) is 0 Å². The summed E-state index contributed by atoms with van der Waals surface area (Å²) in [7, 11) is 2.88. The maximum Gasteiger partial charge on any atom is 0.937 e. The first-order valence-electron chi connectivity index (χ1n) is 3.20. The molecule has 0 aromatic heterocycles. The predicted molar refractivity (Wildman–Crippen MR) is 42.4 cm³/mol. The van der Waals surface area contributed by atoms with Crippen molar-refractivity contribution in [2.24, 2.45) is 0 Å². The first-order chi connectivity index (χ1) is 5.38. The second-order valence-electron chi connectivity index (χ2n) is 2.11. The van der Waals surface area contributed by atoms with Crippen molar-refractivity contribution in [2.45, 2.75) is 6.61 Å². The summed E-state index contributed by atoms with van der Waals surface area (Å²) < 4.78 is 4.72. The highest BCUT2D eigenvalue weighted by atomic mass is 28.2. The van der Waals surface area contributed by atoms with E-state index in [1.54, 1.807) is 6.07 Å². The van der Waals surface area contributed by atoms with Gasteiger partial charge in [0.2, 0.25) is 0 Å². The average molecular weight is 163 g/mol. The fraction of sp³-hybridized carbons (Fsp3) is 0.125. The minimum Gasteiger partial charge on any atom is -0.298 e. The largest absolute Gasteiger partial charge is 0.937 e. The average Bonchev–Trinajstić information content (AvgIpc) is 2.06. The zero-order valence-electron chi connectivity index (χ0n) is 5.91. The monoisotopic (exact) mass is 163 g/mol. The van der Waals surface area contributed by atoms with Crippen LogP contribution in [0.2, 0.25) is 0 Å². The Morgan fingerprint density at radius 2 is 2.18 bits per heavy atom. The molecule has 0 amide bonds. The van der Waals surface area contributed by atoms with Crippen LogP contribution in [0.5, 0.6) is 0 Å². The molecule has 0 spiro atoms. The summed E-state index contributed by atoms with van der Waals surface area (Å²) in [4.78, 5) is 10.4. The van der Waals surface area contributed by atoms with Gasteiger partial charge in [-0.2, -0.15) is 4.43 Å². The number of benzene rings is 1. The van der Waals surface area contributed by atoms with Crippen LogP contribution in [-0.4, -0.2) is 16.8 Å². The van der Waals surface area contributed by atoms with Crippen LogP contribution in [0.3, 0.4) is 0 Å². The van der Waals surface area contributed by atoms with E-state index in [0.29, 0.717) is 12.2 Å². The Balaban J connectivity index is 2.92. The summed E-state index contributed by atoms with van der Waals surface area (Å²) in [6.07, 6.45) is 0.820. The van der Waals surface area contributed by atoms with Gasteiger partial charge in [0, 0.05) is 5.56 Å². The molecule has 1 aromatic carbocycles. The van der Waals surface area contributed by atoms with Crippen LogP contribution >= 0.6 is 0 Å². The zero-order chi connectivity index (χ0) is 8.10. The van der Waals surface area contributed by atoms with Crippen molar-refractivity contribution in [1.29, 1.82) is 0 Å². The Morgan fingerprint density at radius 3 is 2.82 bits per heavy atom. The molecular weight excluding hydrogens is 156 g/mol. The van der Waals surface area contributed by atoms with E-state index in [1.165, 1.54) is 0 Å². The highest BCUT2D eigenvalue weighted by Crippen LogP contribution is 2.06.